The van der Waals surface area contributed by atoms with Crippen LogP contribution < -0.4 is 0 Å². The largest absolute Gasteiger partial charge is 0.0776 e. The molecule has 0 amide bonds. The molecule has 0 aliphatic carbocycles. The van der Waals surface area contributed by atoms with Crippen molar-refractivity contribution < 1.29 is 0 Å². The summed E-state index contributed by atoms with van der Waals surface area (Å²) in [6.07, 6.45) is 17.2. The van der Waals surface area contributed by atoms with Crippen molar-refractivity contribution in [3.63, 3.8) is 0 Å². The lowest BCUT2D eigenvalue weighted by molar-refractivity contribution is 0.554. The van der Waals surface area contributed by atoms with Gasteiger partial charge in [-0.3, -0.25) is 0 Å². The molecule has 180 valence electrons. The van der Waals surface area contributed by atoms with Crippen LogP contribution in [0.1, 0.15) is 179 Å². The van der Waals surface area contributed by atoms with Gasteiger partial charge in [0.2, 0.25) is 0 Å². The predicted molar refractivity (Wildman–Crippen MR) is 145 cm³/mol. The normalized spacial score (nSPS) is 6.00. The Morgan fingerprint density at radius 1 is 0.269 bits per heavy atom. The maximum Gasteiger partial charge on any atom is -0.0533 e. The average molecular weight is 389 g/mol. The van der Waals surface area contributed by atoms with Gasteiger partial charge >= 0.3 is 0 Å². The van der Waals surface area contributed by atoms with Crippen LogP contribution in [-0.4, -0.2) is 0 Å². The van der Waals surface area contributed by atoms with E-state index < -0.39 is 0 Å². The van der Waals surface area contributed by atoms with E-state index in [9.17, 15) is 0 Å². The first-order chi connectivity index (χ1) is 7.83. The Hall–Kier alpha value is 0. The number of hydrogen-bond acceptors (Lipinski definition) is 0. The molecule has 0 rings (SSSR count). The van der Waals surface area contributed by atoms with Gasteiger partial charge < -0.3 is 0 Å². The third kappa shape index (κ3) is 127. The summed E-state index contributed by atoms with van der Waals surface area (Å²) in [7, 11) is 0. The van der Waals surface area contributed by atoms with Crippen molar-refractivity contribution in [1.82, 2.24) is 0 Å². The SMILES string of the molecule is C.C.C.C.C.C.C.C.C.C.CCC.CCCCCCCCCCCCC. The number of hydrogen-bond donors (Lipinski definition) is 0. The molecule has 0 aromatic heterocycles. The second kappa shape index (κ2) is 100. The van der Waals surface area contributed by atoms with Crippen molar-refractivity contribution in [3.05, 3.63) is 0 Å². The molecule has 0 saturated carbocycles. The van der Waals surface area contributed by atoms with Crippen LogP contribution in [0.5, 0.6) is 0 Å². The van der Waals surface area contributed by atoms with E-state index in [1.165, 1.54) is 77.0 Å². The summed E-state index contributed by atoms with van der Waals surface area (Å²) in [6, 6.07) is 0. The Morgan fingerprint density at radius 2 is 0.385 bits per heavy atom. The first kappa shape index (κ1) is 82.9. The molecule has 0 spiro atoms. The van der Waals surface area contributed by atoms with Gasteiger partial charge in [-0.05, 0) is 0 Å². The van der Waals surface area contributed by atoms with Crippen molar-refractivity contribution in [1.29, 1.82) is 0 Å². The molecule has 0 unspecified atom stereocenters. The molecule has 0 atom stereocenters. The van der Waals surface area contributed by atoms with E-state index in [0.29, 0.717) is 0 Å². The molecular weight excluding hydrogens is 312 g/mol. The van der Waals surface area contributed by atoms with Crippen LogP contribution in [0.2, 0.25) is 0 Å². The summed E-state index contributed by atoms with van der Waals surface area (Å²) in [5.74, 6) is 0. The van der Waals surface area contributed by atoms with Crippen LogP contribution in [-0.2, 0) is 0 Å². The van der Waals surface area contributed by atoms with Crippen LogP contribution in [0.4, 0.5) is 0 Å². The van der Waals surface area contributed by atoms with Crippen molar-refractivity contribution in [2.24, 2.45) is 0 Å². The summed E-state index contributed by atoms with van der Waals surface area (Å²) >= 11 is 0. The van der Waals surface area contributed by atoms with Crippen LogP contribution >= 0.6 is 0 Å². The highest BCUT2D eigenvalue weighted by molar-refractivity contribution is 4.46. The highest BCUT2D eigenvalue weighted by atomic mass is 14.0. The lowest BCUT2D eigenvalue weighted by Gasteiger charge is -2.00. The summed E-state index contributed by atoms with van der Waals surface area (Å²) < 4.78 is 0. The molecule has 0 radical (unpaired) electrons. The average Bonchev–Trinajstić information content (AvgIpc) is 2.28. The fourth-order valence-electron chi connectivity index (χ4n) is 1.74. The maximum absolute atomic E-state index is 2.28. The zero-order valence-corrected chi connectivity index (χ0v) is 12.5. The first-order valence-corrected chi connectivity index (χ1v) is 7.83. The lowest BCUT2D eigenvalue weighted by atomic mass is 10.1. The van der Waals surface area contributed by atoms with Crippen LogP contribution in [0.25, 0.3) is 0 Å². The van der Waals surface area contributed by atoms with Crippen molar-refractivity contribution >= 4 is 0 Å². The summed E-state index contributed by atoms with van der Waals surface area (Å²) in [6.45, 7) is 8.81. The maximum atomic E-state index is 2.28. The molecule has 0 aromatic rings. The van der Waals surface area contributed by atoms with Crippen molar-refractivity contribution in [3.8, 4) is 0 Å². The molecule has 26 heavy (non-hydrogen) atoms. The van der Waals surface area contributed by atoms with Gasteiger partial charge in [0, 0.05) is 0 Å². The molecule has 0 heterocycles. The minimum atomic E-state index is 0. The predicted octanol–water partition coefficient (Wildman–Crippen LogP) is 13.1. The van der Waals surface area contributed by atoms with E-state index >= 15 is 0 Å². The Kier molecular flexibility index (Phi) is 319. The fourth-order valence-corrected chi connectivity index (χ4v) is 1.74. The fraction of sp³-hybridized carbons (Fsp3) is 1.00. The monoisotopic (exact) mass is 389 g/mol. The third-order valence-corrected chi connectivity index (χ3v) is 2.71. The van der Waals surface area contributed by atoms with E-state index in [1.54, 1.807) is 0 Å². The Labute approximate surface area is 179 Å². The lowest BCUT2D eigenvalue weighted by Crippen LogP contribution is -1.80. The second-order valence-electron chi connectivity index (χ2n) is 4.89. The zero-order valence-electron chi connectivity index (χ0n) is 12.5. The standard InChI is InChI=1S/C13H28.C3H8.10CH4/c1-3-5-7-9-11-13-12-10-8-6-4-2;1-3-2;;;;;;;;;;/h3-13H2,1-2H3;3H2,1-2H3;10*1H4. The quantitative estimate of drug-likeness (QED) is 0.326. The molecule has 0 nitrogen and oxygen atoms in total. The number of rotatable bonds is 10. The van der Waals surface area contributed by atoms with Gasteiger partial charge in [-0.1, -0.05) is 179 Å². The van der Waals surface area contributed by atoms with Crippen LogP contribution in [0.3, 0.4) is 0 Å². The molecule has 0 heteroatoms. The van der Waals surface area contributed by atoms with Crippen LogP contribution in [0, 0.1) is 0 Å². The van der Waals surface area contributed by atoms with Gasteiger partial charge in [0.25, 0.3) is 0 Å². The second-order valence-corrected chi connectivity index (χ2v) is 4.89. The Morgan fingerprint density at radius 3 is 0.500 bits per heavy atom. The molecule has 0 fully saturated rings. The third-order valence-electron chi connectivity index (χ3n) is 2.71. The van der Waals surface area contributed by atoms with E-state index in [4.69, 9.17) is 0 Å². The molecule has 0 bridgehead atoms. The molecular formula is C26H76. The smallest absolute Gasteiger partial charge is 0.0533 e. The summed E-state index contributed by atoms with van der Waals surface area (Å²) in [5, 5.41) is 0. The molecule has 0 aliphatic heterocycles. The molecule has 0 saturated heterocycles. The minimum absolute atomic E-state index is 0. The number of unbranched alkanes of at least 4 members (excludes halogenated alkanes) is 10. The van der Waals surface area contributed by atoms with E-state index in [1.807, 2.05) is 0 Å². The van der Waals surface area contributed by atoms with Gasteiger partial charge in [-0.15, -0.1) is 0 Å². The molecule has 0 aromatic carbocycles. The summed E-state index contributed by atoms with van der Waals surface area (Å²) in [4.78, 5) is 0. The van der Waals surface area contributed by atoms with Gasteiger partial charge in [0.1, 0.15) is 0 Å². The summed E-state index contributed by atoms with van der Waals surface area (Å²) in [5.41, 5.74) is 0. The molecule has 0 N–H and O–H groups in total. The van der Waals surface area contributed by atoms with E-state index in [0.717, 1.165) is 0 Å². The van der Waals surface area contributed by atoms with Crippen LogP contribution in [0.15, 0.2) is 0 Å². The minimum Gasteiger partial charge on any atom is -0.0776 e. The topological polar surface area (TPSA) is 0 Å². The molecule has 0 aliphatic rings. The van der Waals surface area contributed by atoms with Gasteiger partial charge in [-0.25, -0.2) is 0 Å². The highest BCUT2D eigenvalue weighted by Crippen LogP contribution is 2.10. The van der Waals surface area contributed by atoms with E-state index in [-0.39, 0.29) is 74.3 Å². The van der Waals surface area contributed by atoms with Gasteiger partial charge in [0.15, 0.2) is 0 Å². The van der Waals surface area contributed by atoms with Gasteiger partial charge in [-0.2, -0.15) is 0 Å². The zero-order chi connectivity index (χ0) is 12.5. The highest BCUT2D eigenvalue weighted by Gasteiger charge is 1.90. The van der Waals surface area contributed by atoms with Gasteiger partial charge in [0.05, 0.1) is 0 Å². The van der Waals surface area contributed by atoms with Crippen molar-refractivity contribution in [2.75, 3.05) is 0 Å². The van der Waals surface area contributed by atoms with Crippen molar-refractivity contribution in [2.45, 2.75) is 179 Å². The first-order valence-electron chi connectivity index (χ1n) is 7.83. The Bertz CT molecular complexity index is 76.0. The van der Waals surface area contributed by atoms with E-state index in [2.05, 4.69) is 27.7 Å². The Balaban J connectivity index is -0.0000000141.